The lowest BCUT2D eigenvalue weighted by Crippen LogP contribution is -2.21. The Bertz CT molecular complexity index is 377. The van der Waals surface area contributed by atoms with Crippen LogP contribution in [0.4, 0.5) is 0 Å². The molecule has 0 saturated heterocycles. The van der Waals surface area contributed by atoms with Crippen LogP contribution in [0.25, 0.3) is 0 Å². The van der Waals surface area contributed by atoms with Gasteiger partial charge >= 0.3 is 0 Å². The predicted octanol–water partition coefficient (Wildman–Crippen LogP) is 2.99. The van der Waals surface area contributed by atoms with Crippen molar-refractivity contribution >= 4 is 0 Å². The molecule has 1 atom stereocenters. The zero-order valence-electron chi connectivity index (χ0n) is 10.8. The first-order valence-electron chi connectivity index (χ1n) is 7.19. The van der Waals surface area contributed by atoms with E-state index in [0.717, 1.165) is 25.4 Å². The Morgan fingerprint density at radius 3 is 2.94 bits per heavy atom. The van der Waals surface area contributed by atoms with Gasteiger partial charge in [-0.1, -0.05) is 19.8 Å². The molecule has 1 unspecified atom stereocenters. The van der Waals surface area contributed by atoms with Crippen LogP contribution in [0.3, 0.4) is 0 Å². The molecular weight excluding hydrogens is 210 g/mol. The summed E-state index contributed by atoms with van der Waals surface area (Å²) in [5, 5.41) is 3.61. The SMILES string of the molecule is CCC1NCCCn2cc(C3CCCC3)nc21. The lowest BCUT2D eigenvalue weighted by molar-refractivity contribution is 0.512. The summed E-state index contributed by atoms with van der Waals surface area (Å²) in [5.74, 6) is 2.03. The van der Waals surface area contributed by atoms with Crippen molar-refractivity contribution in [2.75, 3.05) is 6.54 Å². The first-order chi connectivity index (χ1) is 8.38. The van der Waals surface area contributed by atoms with Crippen molar-refractivity contribution in [3.8, 4) is 0 Å². The van der Waals surface area contributed by atoms with Gasteiger partial charge in [0.1, 0.15) is 5.82 Å². The number of fused-ring (bicyclic) bond motifs is 1. The van der Waals surface area contributed by atoms with Crippen molar-refractivity contribution < 1.29 is 0 Å². The van der Waals surface area contributed by atoms with Crippen LogP contribution in [0.5, 0.6) is 0 Å². The molecule has 1 fully saturated rings. The average Bonchev–Trinajstić information content (AvgIpc) is 2.96. The second kappa shape index (κ2) is 4.81. The summed E-state index contributed by atoms with van der Waals surface area (Å²) in [7, 11) is 0. The summed E-state index contributed by atoms with van der Waals surface area (Å²) in [6, 6.07) is 0.465. The fourth-order valence-corrected chi connectivity index (χ4v) is 3.27. The number of hydrogen-bond donors (Lipinski definition) is 1. The summed E-state index contributed by atoms with van der Waals surface area (Å²) >= 11 is 0. The minimum absolute atomic E-state index is 0.465. The van der Waals surface area contributed by atoms with Gasteiger partial charge in [0.25, 0.3) is 0 Å². The van der Waals surface area contributed by atoms with Crippen LogP contribution in [0.2, 0.25) is 0 Å². The summed E-state index contributed by atoms with van der Waals surface area (Å²) in [6.45, 7) is 4.51. The molecule has 1 aromatic heterocycles. The van der Waals surface area contributed by atoms with Crippen LogP contribution in [0, 0.1) is 0 Å². The molecule has 0 aromatic carbocycles. The Hall–Kier alpha value is -0.830. The molecule has 0 amide bonds. The molecule has 17 heavy (non-hydrogen) atoms. The quantitative estimate of drug-likeness (QED) is 0.851. The molecule has 1 aliphatic heterocycles. The second-order valence-corrected chi connectivity index (χ2v) is 5.47. The minimum atomic E-state index is 0.465. The van der Waals surface area contributed by atoms with E-state index < -0.39 is 0 Å². The van der Waals surface area contributed by atoms with Gasteiger partial charge in [0.2, 0.25) is 0 Å². The Kier molecular flexibility index (Phi) is 3.19. The molecule has 1 aromatic rings. The number of imidazole rings is 1. The molecule has 2 heterocycles. The number of aryl methyl sites for hydroxylation is 1. The molecule has 1 N–H and O–H groups in total. The largest absolute Gasteiger partial charge is 0.333 e. The third kappa shape index (κ3) is 2.13. The van der Waals surface area contributed by atoms with E-state index in [4.69, 9.17) is 4.98 Å². The number of hydrogen-bond acceptors (Lipinski definition) is 2. The molecule has 1 aliphatic carbocycles. The van der Waals surface area contributed by atoms with Gasteiger partial charge in [0.05, 0.1) is 11.7 Å². The molecular formula is C14H23N3. The van der Waals surface area contributed by atoms with Gasteiger partial charge in [-0.2, -0.15) is 0 Å². The first-order valence-corrected chi connectivity index (χ1v) is 7.19. The van der Waals surface area contributed by atoms with E-state index in [-0.39, 0.29) is 0 Å². The maximum Gasteiger partial charge on any atom is 0.126 e. The fourth-order valence-electron chi connectivity index (χ4n) is 3.27. The molecule has 3 rings (SSSR count). The van der Waals surface area contributed by atoms with Crippen molar-refractivity contribution in [1.82, 2.24) is 14.9 Å². The van der Waals surface area contributed by atoms with Crippen molar-refractivity contribution in [3.05, 3.63) is 17.7 Å². The van der Waals surface area contributed by atoms with Gasteiger partial charge in [-0.05, 0) is 32.2 Å². The average molecular weight is 233 g/mol. The number of nitrogens with zero attached hydrogens (tertiary/aromatic N) is 2. The van der Waals surface area contributed by atoms with Crippen LogP contribution < -0.4 is 5.32 Å². The smallest absolute Gasteiger partial charge is 0.126 e. The van der Waals surface area contributed by atoms with E-state index in [1.807, 2.05) is 0 Å². The number of aromatic nitrogens is 2. The number of nitrogens with one attached hydrogen (secondary N) is 1. The normalized spacial score (nSPS) is 25.8. The molecule has 0 radical (unpaired) electrons. The summed E-state index contributed by atoms with van der Waals surface area (Å²) < 4.78 is 2.40. The predicted molar refractivity (Wildman–Crippen MR) is 69.1 cm³/mol. The highest BCUT2D eigenvalue weighted by Crippen LogP contribution is 2.34. The van der Waals surface area contributed by atoms with Crippen LogP contribution in [-0.2, 0) is 6.54 Å². The molecule has 1 saturated carbocycles. The Labute approximate surface area is 104 Å². The Morgan fingerprint density at radius 1 is 1.35 bits per heavy atom. The van der Waals surface area contributed by atoms with Crippen LogP contribution in [0.1, 0.15) is 68.9 Å². The third-order valence-electron chi connectivity index (χ3n) is 4.29. The summed E-state index contributed by atoms with van der Waals surface area (Å²) in [4.78, 5) is 4.95. The first kappa shape index (κ1) is 11.3. The molecule has 0 spiro atoms. The van der Waals surface area contributed by atoms with Crippen molar-refractivity contribution in [2.45, 2.75) is 64.0 Å². The van der Waals surface area contributed by atoms with E-state index in [1.165, 1.54) is 43.6 Å². The summed E-state index contributed by atoms with van der Waals surface area (Å²) in [5.41, 5.74) is 1.36. The van der Waals surface area contributed by atoms with Crippen LogP contribution in [-0.4, -0.2) is 16.1 Å². The standard InChI is InChI=1S/C14H23N3/c1-2-12-14-16-13(11-6-3-4-7-11)10-17(14)9-5-8-15-12/h10-12,15H,2-9H2,1H3. The van der Waals surface area contributed by atoms with E-state index in [9.17, 15) is 0 Å². The second-order valence-electron chi connectivity index (χ2n) is 5.47. The molecule has 3 nitrogen and oxygen atoms in total. The monoisotopic (exact) mass is 233 g/mol. The Balaban J connectivity index is 1.89. The van der Waals surface area contributed by atoms with E-state index in [2.05, 4.69) is 23.0 Å². The van der Waals surface area contributed by atoms with Gasteiger partial charge in [-0.25, -0.2) is 4.98 Å². The highest BCUT2D eigenvalue weighted by Gasteiger charge is 2.24. The van der Waals surface area contributed by atoms with Gasteiger partial charge in [-0.15, -0.1) is 0 Å². The molecule has 3 heteroatoms. The summed E-state index contributed by atoms with van der Waals surface area (Å²) in [6.07, 6.45) is 10.2. The highest BCUT2D eigenvalue weighted by molar-refractivity contribution is 5.14. The molecule has 2 aliphatic rings. The van der Waals surface area contributed by atoms with E-state index >= 15 is 0 Å². The molecule has 94 valence electrons. The van der Waals surface area contributed by atoms with Gasteiger partial charge < -0.3 is 9.88 Å². The van der Waals surface area contributed by atoms with Crippen LogP contribution in [0.15, 0.2) is 6.20 Å². The lowest BCUT2D eigenvalue weighted by atomic mass is 10.1. The topological polar surface area (TPSA) is 29.9 Å². The maximum atomic E-state index is 4.95. The Morgan fingerprint density at radius 2 is 2.18 bits per heavy atom. The zero-order valence-corrected chi connectivity index (χ0v) is 10.8. The maximum absolute atomic E-state index is 4.95. The van der Waals surface area contributed by atoms with E-state index in [0.29, 0.717) is 6.04 Å². The van der Waals surface area contributed by atoms with Gasteiger partial charge in [0.15, 0.2) is 0 Å². The highest BCUT2D eigenvalue weighted by atomic mass is 15.1. The van der Waals surface area contributed by atoms with Gasteiger partial charge in [0, 0.05) is 18.7 Å². The minimum Gasteiger partial charge on any atom is -0.333 e. The van der Waals surface area contributed by atoms with Crippen molar-refractivity contribution in [1.29, 1.82) is 0 Å². The van der Waals surface area contributed by atoms with Crippen molar-refractivity contribution in [2.24, 2.45) is 0 Å². The molecule has 0 bridgehead atoms. The van der Waals surface area contributed by atoms with E-state index in [1.54, 1.807) is 0 Å². The van der Waals surface area contributed by atoms with Gasteiger partial charge in [-0.3, -0.25) is 0 Å². The van der Waals surface area contributed by atoms with Crippen molar-refractivity contribution in [3.63, 3.8) is 0 Å². The van der Waals surface area contributed by atoms with Crippen LogP contribution >= 0.6 is 0 Å². The zero-order chi connectivity index (χ0) is 11.7. The lowest BCUT2D eigenvalue weighted by Gasteiger charge is -2.13. The third-order valence-corrected chi connectivity index (χ3v) is 4.29. The fraction of sp³-hybridized carbons (Fsp3) is 0.786. The number of rotatable bonds is 2.